The van der Waals surface area contributed by atoms with Crippen LogP contribution in [0.3, 0.4) is 0 Å². The fourth-order valence-corrected chi connectivity index (χ4v) is 2.67. The lowest BCUT2D eigenvalue weighted by atomic mass is 10.1. The van der Waals surface area contributed by atoms with Crippen molar-refractivity contribution >= 4 is 0 Å². The second-order valence-corrected chi connectivity index (χ2v) is 6.15. The molecule has 3 heteroatoms. The van der Waals surface area contributed by atoms with Crippen LogP contribution in [0.4, 0.5) is 0 Å². The van der Waals surface area contributed by atoms with Crippen molar-refractivity contribution in [2.24, 2.45) is 5.92 Å². The molecule has 1 unspecified atom stereocenters. The largest absolute Gasteiger partial charge is 0.314 e. The van der Waals surface area contributed by atoms with E-state index in [9.17, 15) is 0 Å². The molecule has 0 aromatic heterocycles. The molecule has 0 spiro atoms. The minimum atomic E-state index is 0.879. The molecule has 1 N–H and O–H groups in total. The third-order valence-corrected chi connectivity index (χ3v) is 3.97. The number of likely N-dealkylation sites (tertiary alicyclic amines) is 1. The third-order valence-electron chi connectivity index (χ3n) is 3.97. The average Bonchev–Trinajstić information content (AvgIpc) is 3.01. The molecular formula is C14H29N3. The Morgan fingerprint density at radius 1 is 1.18 bits per heavy atom. The summed E-state index contributed by atoms with van der Waals surface area (Å²) < 4.78 is 0. The van der Waals surface area contributed by atoms with Gasteiger partial charge in [0.2, 0.25) is 0 Å². The van der Waals surface area contributed by atoms with Gasteiger partial charge in [-0.3, -0.25) is 0 Å². The minimum Gasteiger partial charge on any atom is -0.314 e. The molecule has 2 rings (SSSR count). The molecule has 1 saturated carbocycles. The lowest BCUT2D eigenvalue weighted by molar-refractivity contribution is 0.302. The minimum absolute atomic E-state index is 0.879. The van der Waals surface area contributed by atoms with E-state index < -0.39 is 0 Å². The van der Waals surface area contributed by atoms with Gasteiger partial charge in [0.15, 0.2) is 0 Å². The fourth-order valence-electron chi connectivity index (χ4n) is 2.67. The topological polar surface area (TPSA) is 18.5 Å². The van der Waals surface area contributed by atoms with Crippen molar-refractivity contribution in [2.75, 3.05) is 46.8 Å². The summed E-state index contributed by atoms with van der Waals surface area (Å²) in [7, 11) is 4.32. The van der Waals surface area contributed by atoms with Crippen LogP contribution < -0.4 is 5.32 Å². The van der Waals surface area contributed by atoms with Gasteiger partial charge in [0.1, 0.15) is 0 Å². The molecule has 1 atom stereocenters. The van der Waals surface area contributed by atoms with Crippen molar-refractivity contribution in [1.29, 1.82) is 0 Å². The Bertz CT molecular complexity index is 214. The van der Waals surface area contributed by atoms with E-state index in [-0.39, 0.29) is 0 Å². The third kappa shape index (κ3) is 5.36. The molecule has 1 aliphatic heterocycles. The van der Waals surface area contributed by atoms with E-state index in [1.54, 1.807) is 0 Å². The van der Waals surface area contributed by atoms with Crippen LogP contribution in [0, 0.1) is 5.92 Å². The molecule has 0 aromatic rings. The predicted octanol–water partition coefficient (Wildman–Crippen LogP) is 1.40. The van der Waals surface area contributed by atoms with Gasteiger partial charge in [-0.2, -0.15) is 0 Å². The van der Waals surface area contributed by atoms with Crippen molar-refractivity contribution < 1.29 is 0 Å². The number of hydrogen-bond acceptors (Lipinski definition) is 3. The number of nitrogens with one attached hydrogen (secondary N) is 1. The van der Waals surface area contributed by atoms with Crippen LogP contribution in [0.15, 0.2) is 0 Å². The highest BCUT2D eigenvalue weighted by Gasteiger charge is 2.25. The molecule has 1 saturated heterocycles. The van der Waals surface area contributed by atoms with E-state index in [1.165, 1.54) is 64.8 Å². The maximum absolute atomic E-state index is 3.67. The molecular weight excluding hydrogens is 210 g/mol. The molecule has 1 heterocycles. The van der Waals surface area contributed by atoms with Crippen LogP contribution in [0.2, 0.25) is 0 Å². The van der Waals surface area contributed by atoms with Crippen molar-refractivity contribution in [3.05, 3.63) is 0 Å². The smallest absolute Gasteiger partial charge is 0.00683 e. The highest BCUT2D eigenvalue weighted by molar-refractivity contribution is 4.84. The predicted molar refractivity (Wildman–Crippen MR) is 73.4 cm³/mol. The van der Waals surface area contributed by atoms with Crippen molar-refractivity contribution in [3.63, 3.8) is 0 Å². The van der Waals surface area contributed by atoms with Crippen LogP contribution in [-0.4, -0.2) is 62.7 Å². The summed E-state index contributed by atoms with van der Waals surface area (Å²) in [4.78, 5) is 4.95. The summed E-state index contributed by atoms with van der Waals surface area (Å²) in [6.45, 7) is 6.48. The first-order chi connectivity index (χ1) is 8.24. The van der Waals surface area contributed by atoms with Gasteiger partial charge in [-0.25, -0.2) is 0 Å². The van der Waals surface area contributed by atoms with Crippen molar-refractivity contribution in [2.45, 2.75) is 38.1 Å². The molecule has 0 bridgehead atoms. The SMILES string of the molecule is CN(C)CCCCN1CCC(CNC2CC2)C1. The molecule has 1 aliphatic carbocycles. The van der Waals surface area contributed by atoms with Gasteiger partial charge in [-0.15, -0.1) is 0 Å². The maximum atomic E-state index is 3.67. The van der Waals surface area contributed by atoms with Gasteiger partial charge in [0, 0.05) is 12.6 Å². The first-order valence-electron chi connectivity index (χ1n) is 7.34. The van der Waals surface area contributed by atoms with Crippen LogP contribution >= 0.6 is 0 Å². The Hall–Kier alpha value is -0.120. The van der Waals surface area contributed by atoms with E-state index in [4.69, 9.17) is 0 Å². The number of nitrogens with zero attached hydrogens (tertiary/aromatic N) is 2. The standard InChI is InChI=1S/C14H29N3/c1-16(2)8-3-4-9-17-10-7-13(12-17)11-15-14-5-6-14/h13-15H,3-12H2,1-2H3. The zero-order chi connectivity index (χ0) is 12.1. The molecule has 0 aromatic carbocycles. The summed E-state index contributed by atoms with van der Waals surface area (Å²) in [6.07, 6.45) is 6.95. The Balaban J connectivity index is 1.48. The average molecular weight is 239 g/mol. The maximum Gasteiger partial charge on any atom is 0.00683 e. The van der Waals surface area contributed by atoms with E-state index in [0.29, 0.717) is 0 Å². The Morgan fingerprint density at radius 2 is 2.00 bits per heavy atom. The Kier molecular flexibility index (Phi) is 5.26. The van der Waals surface area contributed by atoms with Gasteiger partial charge < -0.3 is 15.1 Å². The summed E-state index contributed by atoms with van der Waals surface area (Å²) in [6, 6.07) is 0.879. The molecule has 0 amide bonds. The number of hydrogen-bond donors (Lipinski definition) is 1. The molecule has 0 radical (unpaired) electrons. The highest BCUT2D eigenvalue weighted by Crippen LogP contribution is 2.21. The lowest BCUT2D eigenvalue weighted by Crippen LogP contribution is -2.28. The summed E-state index contributed by atoms with van der Waals surface area (Å²) >= 11 is 0. The monoisotopic (exact) mass is 239 g/mol. The van der Waals surface area contributed by atoms with Gasteiger partial charge >= 0.3 is 0 Å². The van der Waals surface area contributed by atoms with E-state index in [0.717, 1.165) is 12.0 Å². The second-order valence-electron chi connectivity index (χ2n) is 6.15. The summed E-state index contributed by atoms with van der Waals surface area (Å²) in [5.74, 6) is 0.921. The van der Waals surface area contributed by atoms with Crippen molar-refractivity contribution in [1.82, 2.24) is 15.1 Å². The van der Waals surface area contributed by atoms with E-state index in [2.05, 4.69) is 29.2 Å². The van der Waals surface area contributed by atoms with Crippen LogP contribution in [0.25, 0.3) is 0 Å². The van der Waals surface area contributed by atoms with Crippen molar-refractivity contribution in [3.8, 4) is 0 Å². The zero-order valence-corrected chi connectivity index (χ0v) is 11.6. The van der Waals surface area contributed by atoms with Crippen LogP contribution in [-0.2, 0) is 0 Å². The van der Waals surface area contributed by atoms with Gasteiger partial charge in [-0.05, 0) is 78.3 Å². The van der Waals surface area contributed by atoms with E-state index >= 15 is 0 Å². The molecule has 17 heavy (non-hydrogen) atoms. The van der Waals surface area contributed by atoms with Crippen LogP contribution in [0.5, 0.6) is 0 Å². The first kappa shape index (κ1) is 13.3. The molecule has 2 aliphatic rings. The van der Waals surface area contributed by atoms with Gasteiger partial charge in [0.05, 0.1) is 0 Å². The Morgan fingerprint density at radius 3 is 2.71 bits per heavy atom. The summed E-state index contributed by atoms with van der Waals surface area (Å²) in [5, 5.41) is 3.67. The van der Waals surface area contributed by atoms with Gasteiger partial charge in [-0.1, -0.05) is 0 Å². The number of rotatable bonds is 8. The normalized spacial score (nSPS) is 25.9. The molecule has 100 valence electrons. The molecule has 3 nitrogen and oxygen atoms in total. The van der Waals surface area contributed by atoms with Crippen LogP contribution in [0.1, 0.15) is 32.1 Å². The fraction of sp³-hybridized carbons (Fsp3) is 1.00. The second kappa shape index (κ2) is 6.72. The highest BCUT2D eigenvalue weighted by atomic mass is 15.1. The lowest BCUT2D eigenvalue weighted by Gasteiger charge is -2.17. The van der Waals surface area contributed by atoms with E-state index in [1.807, 2.05) is 0 Å². The number of unbranched alkanes of at least 4 members (excludes halogenated alkanes) is 1. The zero-order valence-electron chi connectivity index (χ0n) is 11.6. The molecule has 2 fully saturated rings. The first-order valence-corrected chi connectivity index (χ1v) is 7.34. The summed E-state index contributed by atoms with van der Waals surface area (Å²) in [5.41, 5.74) is 0. The van der Waals surface area contributed by atoms with Gasteiger partial charge in [0.25, 0.3) is 0 Å². The Labute approximate surface area is 107 Å². The quantitative estimate of drug-likeness (QED) is 0.646.